The summed E-state index contributed by atoms with van der Waals surface area (Å²) in [6, 6.07) is 20.6. The number of aliphatic carboxylic acids is 2. The van der Waals surface area contributed by atoms with Crippen LogP contribution < -0.4 is 0 Å². The normalized spacial score (nSPS) is 14.4. The predicted octanol–water partition coefficient (Wildman–Crippen LogP) is 3.23. The van der Waals surface area contributed by atoms with Crippen LogP contribution in [0.15, 0.2) is 66.7 Å². The van der Waals surface area contributed by atoms with Gasteiger partial charge < -0.3 is 15.1 Å². The van der Waals surface area contributed by atoms with Crippen molar-refractivity contribution in [2.75, 3.05) is 26.7 Å². The number of piperidine rings is 1. The van der Waals surface area contributed by atoms with Crippen LogP contribution in [0, 0.1) is 5.92 Å². The summed E-state index contributed by atoms with van der Waals surface area (Å²) in [7, 11) is 1.92. The van der Waals surface area contributed by atoms with Gasteiger partial charge in [-0.3, -0.25) is 9.69 Å². The maximum atomic E-state index is 12.7. The minimum absolute atomic E-state index is 0.165. The van der Waals surface area contributed by atoms with Crippen molar-refractivity contribution in [3.63, 3.8) is 0 Å². The van der Waals surface area contributed by atoms with E-state index in [1.54, 1.807) is 0 Å². The second-order valence-corrected chi connectivity index (χ2v) is 7.68. The Bertz CT molecular complexity index is 879. The van der Waals surface area contributed by atoms with E-state index in [1.165, 1.54) is 11.1 Å². The van der Waals surface area contributed by atoms with Crippen molar-refractivity contribution >= 4 is 23.9 Å². The predicted molar refractivity (Wildman–Crippen MR) is 123 cm³/mol. The number of carbonyl (C=O) groups is 3. The van der Waals surface area contributed by atoms with E-state index in [2.05, 4.69) is 53.5 Å². The average molecular weight is 439 g/mol. The van der Waals surface area contributed by atoms with E-state index >= 15 is 0 Å². The maximum Gasteiger partial charge on any atom is 0.414 e. The van der Waals surface area contributed by atoms with Crippen LogP contribution in [0.25, 0.3) is 6.08 Å². The number of hydrogen-bond donors (Lipinski definition) is 2. The molecule has 0 bridgehead atoms. The summed E-state index contributed by atoms with van der Waals surface area (Å²) in [6.07, 6.45) is 6.30. The van der Waals surface area contributed by atoms with Gasteiger partial charge in [0.1, 0.15) is 0 Å². The third-order valence-corrected chi connectivity index (χ3v) is 5.23. The number of amides is 1. The third-order valence-electron chi connectivity index (χ3n) is 5.23. The van der Waals surface area contributed by atoms with E-state index in [9.17, 15) is 4.79 Å². The lowest BCUT2D eigenvalue weighted by molar-refractivity contribution is -0.159. The molecule has 1 heterocycles. The molecule has 0 atom stereocenters. The summed E-state index contributed by atoms with van der Waals surface area (Å²) in [5, 5.41) is 14.8. The van der Waals surface area contributed by atoms with Crippen LogP contribution in [0.3, 0.4) is 0 Å². The molecule has 1 amide bonds. The number of likely N-dealkylation sites (tertiary alicyclic amines) is 1. The molecule has 0 aliphatic carbocycles. The lowest BCUT2D eigenvalue weighted by Gasteiger charge is -2.32. The second kappa shape index (κ2) is 13.1. The van der Waals surface area contributed by atoms with Crippen LogP contribution in [0.4, 0.5) is 0 Å². The van der Waals surface area contributed by atoms with Gasteiger partial charge in [-0.2, -0.15) is 0 Å². The topological polar surface area (TPSA) is 98.2 Å². The largest absolute Gasteiger partial charge is 0.473 e. The molecular weight excluding hydrogens is 408 g/mol. The van der Waals surface area contributed by atoms with Gasteiger partial charge in [0.05, 0.1) is 0 Å². The Labute approximate surface area is 188 Å². The summed E-state index contributed by atoms with van der Waals surface area (Å²) in [4.78, 5) is 35.2. The van der Waals surface area contributed by atoms with E-state index in [4.69, 9.17) is 19.8 Å². The van der Waals surface area contributed by atoms with Crippen molar-refractivity contribution in [1.82, 2.24) is 9.80 Å². The van der Waals surface area contributed by atoms with Crippen LogP contribution in [-0.4, -0.2) is 64.5 Å². The third kappa shape index (κ3) is 8.73. The molecule has 0 unspecified atom stereocenters. The molecule has 0 saturated carbocycles. The smallest absolute Gasteiger partial charge is 0.414 e. The molecule has 1 aliphatic rings. The fraction of sp³-hybridized carbons (Fsp3) is 0.320. The molecule has 2 aromatic rings. The lowest BCUT2D eigenvalue weighted by Crippen LogP contribution is -2.41. The molecule has 2 aromatic carbocycles. The highest BCUT2D eigenvalue weighted by Gasteiger charge is 2.26. The molecule has 1 saturated heterocycles. The van der Waals surface area contributed by atoms with Gasteiger partial charge in [-0.15, -0.1) is 0 Å². The molecule has 32 heavy (non-hydrogen) atoms. The van der Waals surface area contributed by atoms with Gasteiger partial charge in [-0.25, -0.2) is 9.59 Å². The summed E-state index contributed by atoms with van der Waals surface area (Å²) in [6.45, 7) is 3.64. The summed E-state index contributed by atoms with van der Waals surface area (Å²) in [5.74, 6) is -3.20. The first-order chi connectivity index (χ1) is 15.4. The minimum Gasteiger partial charge on any atom is -0.473 e. The summed E-state index contributed by atoms with van der Waals surface area (Å²) in [5.41, 5.74) is 2.42. The number of carbonyl (C=O) groups excluding carboxylic acids is 1. The van der Waals surface area contributed by atoms with E-state index < -0.39 is 11.9 Å². The van der Waals surface area contributed by atoms with Crippen molar-refractivity contribution in [2.24, 2.45) is 5.92 Å². The highest BCUT2D eigenvalue weighted by atomic mass is 16.4. The quantitative estimate of drug-likeness (QED) is 0.672. The highest BCUT2D eigenvalue weighted by Crippen LogP contribution is 2.20. The van der Waals surface area contributed by atoms with E-state index in [0.717, 1.165) is 32.5 Å². The van der Waals surface area contributed by atoms with Gasteiger partial charge in [-0.05, 0) is 37.1 Å². The SMILES string of the molecule is CN(Cc1ccccc1)C(=O)C1CCN(CC=Cc2ccccc2)CC1.O=C(O)C(=O)O. The standard InChI is InChI=1S/C23H28N2O.C2H2O4/c1-24(19-21-11-6-3-7-12-21)23(26)22-14-17-25(18-15-22)16-8-13-20-9-4-2-5-10-20;3-1(4)2(5)6/h2-13,22H,14-19H2,1H3;(H,3,4)(H,5,6). The Morgan fingerprint density at radius 2 is 1.47 bits per heavy atom. The molecule has 170 valence electrons. The van der Waals surface area contributed by atoms with Crippen molar-refractivity contribution in [3.8, 4) is 0 Å². The van der Waals surface area contributed by atoms with Gasteiger partial charge >= 0.3 is 11.9 Å². The van der Waals surface area contributed by atoms with Crippen LogP contribution in [0.1, 0.15) is 24.0 Å². The zero-order chi connectivity index (χ0) is 23.3. The number of carboxylic acid groups (broad SMARTS) is 2. The van der Waals surface area contributed by atoms with Crippen molar-refractivity contribution in [3.05, 3.63) is 77.9 Å². The number of nitrogens with zero attached hydrogens (tertiary/aromatic N) is 2. The Balaban J connectivity index is 0.000000534. The van der Waals surface area contributed by atoms with E-state index in [-0.39, 0.29) is 11.8 Å². The molecule has 0 radical (unpaired) electrons. The zero-order valence-electron chi connectivity index (χ0n) is 18.3. The maximum absolute atomic E-state index is 12.7. The first kappa shape index (κ1) is 24.8. The zero-order valence-corrected chi connectivity index (χ0v) is 18.3. The van der Waals surface area contributed by atoms with Crippen LogP contribution >= 0.6 is 0 Å². The van der Waals surface area contributed by atoms with E-state index in [1.807, 2.05) is 36.2 Å². The van der Waals surface area contributed by atoms with Crippen molar-refractivity contribution in [2.45, 2.75) is 19.4 Å². The Hall–Kier alpha value is -3.45. The monoisotopic (exact) mass is 438 g/mol. The van der Waals surface area contributed by atoms with Gasteiger partial charge in [0.15, 0.2) is 0 Å². The van der Waals surface area contributed by atoms with Gasteiger partial charge in [0.25, 0.3) is 0 Å². The first-order valence-corrected chi connectivity index (χ1v) is 10.6. The molecule has 0 spiro atoms. The molecule has 0 aromatic heterocycles. The van der Waals surface area contributed by atoms with Crippen molar-refractivity contribution < 1.29 is 24.6 Å². The Kier molecular flexibility index (Phi) is 10.1. The molecule has 7 nitrogen and oxygen atoms in total. The van der Waals surface area contributed by atoms with Gasteiger partial charge in [-0.1, -0.05) is 72.8 Å². The first-order valence-electron chi connectivity index (χ1n) is 10.6. The summed E-state index contributed by atoms with van der Waals surface area (Å²) >= 11 is 0. The average Bonchev–Trinajstić information content (AvgIpc) is 2.81. The van der Waals surface area contributed by atoms with Crippen LogP contribution in [0.2, 0.25) is 0 Å². The Morgan fingerprint density at radius 3 is 2.00 bits per heavy atom. The minimum atomic E-state index is -1.82. The number of rotatable bonds is 6. The molecule has 1 aliphatic heterocycles. The summed E-state index contributed by atoms with van der Waals surface area (Å²) < 4.78 is 0. The fourth-order valence-electron chi connectivity index (χ4n) is 3.51. The molecular formula is C25H30N2O5. The number of benzene rings is 2. The lowest BCUT2D eigenvalue weighted by atomic mass is 9.95. The van der Waals surface area contributed by atoms with Crippen LogP contribution in [-0.2, 0) is 20.9 Å². The van der Waals surface area contributed by atoms with Crippen LogP contribution in [0.5, 0.6) is 0 Å². The molecule has 7 heteroatoms. The second-order valence-electron chi connectivity index (χ2n) is 7.68. The van der Waals surface area contributed by atoms with Gasteiger partial charge in [0, 0.05) is 26.1 Å². The molecule has 1 fully saturated rings. The van der Waals surface area contributed by atoms with Gasteiger partial charge in [0.2, 0.25) is 5.91 Å². The van der Waals surface area contributed by atoms with E-state index in [0.29, 0.717) is 6.54 Å². The molecule has 2 N–H and O–H groups in total. The number of carboxylic acids is 2. The fourth-order valence-corrected chi connectivity index (χ4v) is 3.51. The highest BCUT2D eigenvalue weighted by molar-refractivity contribution is 6.27. The molecule has 3 rings (SSSR count). The number of hydrogen-bond acceptors (Lipinski definition) is 4. The van der Waals surface area contributed by atoms with Crippen molar-refractivity contribution in [1.29, 1.82) is 0 Å². The Morgan fingerprint density at radius 1 is 0.938 bits per heavy atom.